The van der Waals surface area contributed by atoms with Crippen LogP contribution in [0.15, 0.2) is 0 Å². The number of carbonyl (C=O) groups excluding carboxylic acids is 1. The van der Waals surface area contributed by atoms with Crippen molar-refractivity contribution in [3.05, 3.63) is 0 Å². The topological polar surface area (TPSA) is 35.5 Å². The Bertz CT molecular complexity index is 166. The largest absolute Gasteiger partial charge is 0.460 e. The minimum absolute atomic E-state index is 0.00815. The summed E-state index contributed by atoms with van der Waals surface area (Å²) in [7, 11) is 0. The highest BCUT2D eigenvalue weighted by atomic mass is 16.6. The molecule has 1 fully saturated rings. The molecule has 0 aliphatic carbocycles. The molecule has 1 rings (SSSR count). The molecule has 0 aromatic heterocycles. The van der Waals surface area contributed by atoms with E-state index in [1.165, 1.54) is 6.92 Å². The van der Waals surface area contributed by atoms with Crippen molar-refractivity contribution < 1.29 is 14.3 Å². The maximum atomic E-state index is 10.8. The molecule has 2 unspecified atom stereocenters. The van der Waals surface area contributed by atoms with Crippen molar-refractivity contribution in [1.29, 1.82) is 0 Å². The van der Waals surface area contributed by atoms with Gasteiger partial charge in [-0.2, -0.15) is 0 Å². The molecular formula is C10H18O3. The van der Waals surface area contributed by atoms with Crippen LogP contribution in [0.4, 0.5) is 0 Å². The fourth-order valence-corrected chi connectivity index (χ4v) is 1.71. The second-order valence-electron chi connectivity index (χ2n) is 3.49. The molecule has 0 spiro atoms. The van der Waals surface area contributed by atoms with Crippen LogP contribution >= 0.6 is 0 Å². The smallest absolute Gasteiger partial charge is 0.302 e. The van der Waals surface area contributed by atoms with Crippen molar-refractivity contribution in [1.82, 2.24) is 0 Å². The predicted molar refractivity (Wildman–Crippen MR) is 49.4 cm³/mol. The molecule has 0 N–H and O–H groups in total. The Balaban J connectivity index is 2.41. The van der Waals surface area contributed by atoms with Crippen LogP contribution in [-0.4, -0.2) is 24.8 Å². The highest BCUT2D eigenvalue weighted by Crippen LogP contribution is 2.20. The van der Waals surface area contributed by atoms with E-state index in [0.29, 0.717) is 0 Å². The Morgan fingerprint density at radius 1 is 1.62 bits per heavy atom. The van der Waals surface area contributed by atoms with Crippen LogP contribution in [0, 0.1) is 0 Å². The average molecular weight is 186 g/mol. The summed E-state index contributed by atoms with van der Waals surface area (Å²) >= 11 is 0. The lowest BCUT2D eigenvalue weighted by Crippen LogP contribution is -2.37. The Kier molecular flexibility index (Phi) is 4.22. The zero-order valence-corrected chi connectivity index (χ0v) is 8.41. The summed E-state index contributed by atoms with van der Waals surface area (Å²) in [6, 6.07) is 0. The van der Waals surface area contributed by atoms with Gasteiger partial charge in [0.1, 0.15) is 6.10 Å². The minimum atomic E-state index is -0.198. The van der Waals surface area contributed by atoms with Crippen molar-refractivity contribution in [2.75, 3.05) is 6.61 Å². The van der Waals surface area contributed by atoms with Crippen molar-refractivity contribution >= 4 is 5.97 Å². The van der Waals surface area contributed by atoms with Crippen molar-refractivity contribution in [2.45, 2.75) is 51.7 Å². The molecule has 0 bridgehead atoms. The van der Waals surface area contributed by atoms with Crippen molar-refractivity contribution in [2.24, 2.45) is 0 Å². The molecule has 2 atom stereocenters. The molecule has 76 valence electrons. The van der Waals surface area contributed by atoms with Crippen LogP contribution in [0.2, 0.25) is 0 Å². The van der Waals surface area contributed by atoms with Gasteiger partial charge < -0.3 is 9.47 Å². The van der Waals surface area contributed by atoms with E-state index in [9.17, 15) is 4.79 Å². The molecule has 3 nitrogen and oxygen atoms in total. The monoisotopic (exact) mass is 186 g/mol. The third-order valence-electron chi connectivity index (χ3n) is 2.27. The molecule has 13 heavy (non-hydrogen) atoms. The first kappa shape index (κ1) is 10.5. The lowest BCUT2D eigenvalue weighted by molar-refractivity contribution is -0.161. The third-order valence-corrected chi connectivity index (χ3v) is 2.27. The van der Waals surface area contributed by atoms with Gasteiger partial charge in [0.25, 0.3) is 0 Å². The molecule has 1 aliphatic heterocycles. The molecule has 0 amide bonds. The van der Waals surface area contributed by atoms with Gasteiger partial charge in [0.2, 0.25) is 0 Å². The summed E-state index contributed by atoms with van der Waals surface area (Å²) < 4.78 is 10.7. The quantitative estimate of drug-likeness (QED) is 0.631. The van der Waals surface area contributed by atoms with Gasteiger partial charge >= 0.3 is 5.97 Å². The van der Waals surface area contributed by atoms with Crippen LogP contribution in [0.5, 0.6) is 0 Å². The second kappa shape index (κ2) is 5.22. The SMILES string of the molecule is CCCC1OCCCC1OC(C)=O. The highest BCUT2D eigenvalue weighted by molar-refractivity contribution is 5.66. The second-order valence-corrected chi connectivity index (χ2v) is 3.49. The van der Waals surface area contributed by atoms with E-state index in [1.54, 1.807) is 0 Å². The summed E-state index contributed by atoms with van der Waals surface area (Å²) in [6.45, 7) is 4.38. The number of ether oxygens (including phenoxy) is 2. The molecule has 1 aliphatic rings. The van der Waals surface area contributed by atoms with E-state index in [-0.39, 0.29) is 18.2 Å². The number of esters is 1. The van der Waals surface area contributed by atoms with Gasteiger partial charge in [-0.15, -0.1) is 0 Å². The third kappa shape index (κ3) is 3.35. The van der Waals surface area contributed by atoms with E-state index < -0.39 is 0 Å². The van der Waals surface area contributed by atoms with Gasteiger partial charge in [-0.1, -0.05) is 13.3 Å². The van der Waals surface area contributed by atoms with E-state index in [4.69, 9.17) is 9.47 Å². The first-order valence-corrected chi connectivity index (χ1v) is 5.03. The zero-order valence-electron chi connectivity index (χ0n) is 8.41. The lowest BCUT2D eigenvalue weighted by Gasteiger charge is -2.30. The standard InChI is InChI=1S/C10H18O3/c1-3-5-9-10(13-8(2)11)6-4-7-12-9/h9-10H,3-7H2,1-2H3. The molecule has 1 heterocycles. The lowest BCUT2D eigenvalue weighted by atomic mass is 10.0. The Hall–Kier alpha value is -0.570. The number of hydrogen-bond donors (Lipinski definition) is 0. The van der Waals surface area contributed by atoms with Gasteiger partial charge in [0.15, 0.2) is 0 Å². The maximum absolute atomic E-state index is 10.8. The molecule has 0 radical (unpaired) electrons. The summed E-state index contributed by atoms with van der Waals surface area (Å²) in [5.74, 6) is -0.198. The van der Waals surface area contributed by atoms with Gasteiger partial charge in [-0.05, 0) is 19.3 Å². The molecule has 0 saturated carbocycles. The summed E-state index contributed by atoms with van der Waals surface area (Å²) in [4.78, 5) is 10.8. The van der Waals surface area contributed by atoms with Gasteiger partial charge in [-0.3, -0.25) is 4.79 Å². The van der Waals surface area contributed by atoms with Crippen LogP contribution in [0.25, 0.3) is 0 Å². The molecule has 3 heteroatoms. The normalized spacial score (nSPS) is 28.5. The van der Waals surface area contributed by atoms with Crippen LogP contribution in [0.1, 0.15) is 39.5 Å². The summed E-state index contributed by atoms with van der Waals surface area (Å²) in [5.41, 5.74) is 0. The molecule has 0 aromatic rings. The van der Waals surface area contributed by atoms with Gasteiger partial charge in [-0.25, -0.2) is 0 Å². The summed E-state index contributed by atoms with van der Waals surface area (Å²) in [6.07, 6.45) is 4.12. The predicted octanol–water partition coefficient (Wildman–Crippen LogP) is 1.90. The summed E-state index contributed by atoms with van der Waals surface area (Å²) in [5, 5.41) is 0. The fourth-order valence-electron chi connectivity index (χ4n) is 1.71. The maximum Gasteiger partial charge on any atom is 0.302 e. The Morgan fingerprint density at radius 2 is 2.38 bits per heavy atom. The Morgan fingerprint density at radius 3 is 3.00 bits per heavy atom. The number of rotatable bonds is 3. The van der Waals surface area contributed by atoms with E-state index in [2.05, 4.69) is 6.92 Å². The molecular weight excluding hydrogens is 168 g/mol. The zero-order chi connectivity index (χ0) is 9.68. The first-order valence-electron chi connectivity index (χ1n) is 5.03. The van der Waals surface area contributed by atoms with Gasteiger partial charge in [0.05, 0.1) is 6.10 Å². The first-order chi connectivity index (χ1) is 6.24. The molecule has 1 saturated heterocycles. The average Bonchev–Trinajstić information content (AvgIpc) is 2.08. The fraction of sp³-hybridized carbons (Fsp3) is 0.900. The van der Waals surface area contributed by atoms with E-state index >= 15 is 0 Å². The van der Waals surface area contributed by atoms with Crippen LogP contribution < -0.4 is 0 Å². The number of carbonyl (C=O) groups is 1. The Labute approximate surface area is 79.4 Å². The number of hydrogen-bond acceptors (Lipinski definition) is 3. The minimum Gasteiger partial charge on any atom is -0.460 e. The van der Waals surface area contributed by atoms with Crippen LogP contribution in [0.3, 0.4) is 0 Å². The van der Waals surface area contributed by atoms with E-state index in [1.807, 2.05) is 0 Å². The molecule has 0 aromatic carbocycles. The van der Waals surface area contributed by atoms with Crippen molar-refractivity contribution in [3.8, 4) is 0 Å². The van der Waals surface area contributed by atoms with Crippen LogP contribution in [-0.2, 0) is 14.3 Å². The van der Waals surface area contributed by atoms with Gasteiger partial charge in [0, 0.05) is 13.5 Å². The van der Waals surface area contributed by atoms with Crippen molar-refractivity contribution in [3.63, 3.8) is 0 Å². The highest BCUT2D eigenvalue weighted by Gasteiger charge is 2.27. The van der Waals surface area contributed by atoms with E-state index in [0.717, 1.165) is 32.3 Å².